The number of aromatic nitrogens is 2. The van der Waals surface area contributed by atoms with Gasteiger partial charge in [0.1, 0.15) is 23.7 Å². The summed E-state index contributed by atoms with van der Waals surface area (Å²) in [6.07, 6.45) is 6.30. The van der Waals surface area contributed by atoms with Crippen molar-refractivity contribution in [3.8, 4) is 10.8 Å². The van der Waals surface area contributed by atoms with Gasteiger partial charge in [-0.15, -0.1) is 11.3 Å². The zero-order valence-electron chi connectivity index (χ0n) is 15.6. The predicted molar refractivity (Wildman–Crippen MR) is 107 cm³/mol. The van der Waals surface area contributed by atoms with Crippen LogP contribution >= 0.6 is 11.3 Å². The lowest BCUT2D eigenvalue weighted by Crippen LogP contribution is -2.16. The maximum atomic E-state index is 11.7. The Bertz CT molecular complexity index is 1050. The monoisotopic (exact) mass is 396 g/mol. The second-order valence-corrected chi connectivity index (χ2v) is 7.61. The number of imidazole rings is 1. The highest BCUT2D eigenvalue weighted by Crippen LogP contribution is 2.35. The van der Waals surface area contributed by atoms with Crippen molar-refractivity contribution in [1.29, 1.82) is 0 Å². The zero-order valence-corrected chi connectivity index (χ0v) is 16.4. The van der Waals surface area contributed by atoms with Crippen LogP contribution < -0.4 is 4.74 Å². The number of carbonyl (C=O) groups is 1. The van der Waals surface area contributed by atoms with Crippen molar-refractivity contribution in [2.45, 2.75) is 26.1 Å². The topological polar surface area (TPSA) is 73.6 Å². The number of carboxylic acid groups (broad SMARTS) is 1. The van der Waals surface area contributed by atoms with E-state index in [1.807, 2.05) is 47.9 Å². The van der Waals surface area contributed by atoms with E-state index in [0.717, 1.165) is 27.5 Å². The summed E-state index contributed by atoms with van der Waals surface area (Å²) in [7, 11) is 1.67. The molecule has 1 aliphatic rings. The third-order valence-corrected chi connectivity index (χ3v) is 5.93. The molecule has 0 spiro atoms. The minimum absolute atomic E-state index is 0.0152. The number of nitrogens with zero attached hydrogens (tertiary/aromatic N) is 2. The Hall–Kier alpha value is -2.90. The number of fused-ring (bicyclic) bond motifs is 1. The lowest BCUT2D eigenvalue weighted by Gasteiger charge is -2.16. The summed E-state index contributed by atoms with van der Waals surface area (Å²) in [4.78, 5) is 16.4. The molecule has 144 valence electrons. The quantitative estimate of drug-likeness (QED) is 0.679. The first-order valence-electron chi connectivity index (χ1n) is 8.89. The van der Waals surface area contributed by atoms with Crippen LogP contribution in [0.15, 0.2) is 42.7 Å². The summed E-state index contributed by atoms with van der Waals surface area (Å²) in [5.74, 6) is -0.632. The molecule has 0 saturated carbocycles. The van der Waals surface area contributed by atoms with E-state index < -0.39 is 5.97 Å². The Balaban J connectivity index is 1.65. The molecule has 2 aromatic heterocycles. The van der Waals surface area contributed by atoms with Crippen LogP contribution in [-0.2, 0) is 17.8 Å². The van der Waals surface area contributed by atoms with E-state index in [4.69, 9.17) is 9.47 Å². The van der Waals surface area contributed by atoms with E-state index in [-0.39, 0.29) is 11.0 Å². The summed E-state index contributed by atoms with van der Waals surface area (Å²) >= 11 is 1.18. The van der Waals surface area contributed by atoms with Crippen molar-refractivity contribution in [1.82, 2.24) is 9.55 Å². The largest absolute Gasteiger partial charge is 0.487 e. The first-order chi connectivity index (χ1) is 13.6. The summed E-state index contributed by atoms with van der Waals surface area (Å²) in [6.45, 7) is 2.33. The molecule has 0 aliphatic heterocycles. The average molecular weight is 396 g/mol. The molecule has 6 nitrogen and oxygen atoms in total. The minimum Gasteiger partial charge on any atom is -0.487 e. The molecule has 1 unspecified atom stereocenters. The fraction of sp³-hybridized carbons (Fsp3) is 0.238. The maximum absolute atomic E-state index is 11.7. The van der Waals surface area contributed by atoms with Crippen molar-refractivity contribution in [3.63, 3.8) is 0 Å². The number of aromatic carboxylic acids is 1. The standard InChI is InChI=1S/C21H20N2O4S/c1-13-5-3-4-6-14(13)11-27-18-10-19(28-20(18)21(24)25)23-12-22-16-8-7-15(26-2)9-17(16)23/h3-8,10,12,15H,9,11H2,1-2H3,(H,24,25). The van der Waals surface area contributed by atoms with E-state index in [1.54, 1.807) is 19.5 Å². The molecule has 1 aliphatic carbocycles. The van der Waals surface area contributed by atoms with Crippen molar-refractivity contribution in [2.24, 2.45) is 0 Å². The molecule has 4 rings (SSSR count). The molecule has 0 saturated heterocycles. The molecule has 0 amide bonds. The maximum Gasteiger partial charge on any atom is 0.349 e. The number of methoxy groups -OCH3 is 1. The molecular formula is C21H20N2O4S. The Morgan fingerprint density at radius 3 is 2.96 bits per heavy atom. The van der Waals surface area contributed by atoms with Crippen LogP contribution in [0.4, 0.5) is 0 Å². The molecule has 0 fully saturated rings. The number of rotatable bonds is 6. The number of benzene rings is 1. The van der Waals surface area contributed by atoms with Crippen LogP contribution in [0.1, 0.15) is 32.2 Å². The molecule has 1 N–H and O–H groups in total. The van der Waals surface area contributed by atoms with Gasteiger partial charge < -0.3 is 14.6 Å². The summed E-state index contributed by atoms with van der Waals surface area (Å²) in [5, 5.41) is 10.4. The molecule has 1 aromatic carbocycles. The normalized spacial score (nSPS) is 15.4. The van der Waals surface area contributed by atoms with E-state index in [2.05, 4.69) is 4.98 Å². The molecule has 28 heavy (non-hydrogen) atoms. The lowest BCUT2D eigenvalue weighted by molar-refractivity contribution is 0.0697. The third kappa shape index (κ3) is 3.46. The molecular weight excluding hydrogens is 376 g/mol. The highest BCUT2D eigenvalue weighted by Gasteiger charge is 2.23. The Labute approximate surface area is 166 Å². The number of hydrogen-bond acceptors (Lipinski definition) is 5. The predicted octanol–water partition coefficient (Wildman–Crippen LogP) is 4.10. The molecule has 2 heterocycles. The summed E-state index contributed by atoms with van der Waals surface area (Å²) in [6, 6.07) is 9.67. The Kier molecular flexibility index (Phi) is 5.02. The summed E-state index contributed by atoms with van der Waals surface area (Å²) in [5.41, 5.74) is 4.01. The Morgan fingerprint density at radius 2 is 2.21 bits per heavy atom. The number of hydrogen-bond donors (Lipinski definition) is 1. The van der Waals surface area contributed by atoms with Gasteiger partial charge in [-0.1, -0.05) is 30.3 Å². The van der Waals surface area contributed by atoms with Crippen LogP contribution in [0.2, 0.25) is 0 Å². The summed E-state index contributed by atoms with van der Waals surface area (Å²) < 4.78 is 13.2. The van der Waals surface area contributed by atoms with Gasteiger partial charge in [-0.05, 0) is 24.1 Å². The zero-order chi connectivity index (χ0) is 19.7. The van der Waals surface area contributed by atoms with Gasteiger partial charge >= 0.3 is 5.97 Å². The smallest absolute Gasteiger partial charge is 0.349 e. The number of aryl methyl sites for hydroxylation is 1. The van der Waals surface area contributed by atoms with Crippen molar-refractivity contribution in [2.75, 3.05) is 7.11 Å². The average Bonchev–Trinajstić information content (AvgIpc) is 3.30. The number of ether oxygens (including phenoxy) is 2. The first kappa shape index (κ1) is 18.5. The van der Waals surface area contributed by atoms with E-state index in [1.165, 1.54) is 11.3 Å². The van der Waals surface area contributed by atoms with Crippen molar-refractivity contribution in [3.05, 3.63) is 70.1 Å². The van der Waals surface area contributed by atoms with Crippen LogP contribution in [0.25, 0.3) is 11.1 Å². The van der Waals surface area contributed by atoms with Gasteiger partial charge in [-0.25, -0.2) is 9.78 Å². The number of thiophene rings is 1. The van der Waals surface area contributed by atoms with Crippen LogP contribution in [-0.4, -0.2) is 33.8 Å². The third-order valence-electron chi connectivity index (χ3n) is 4.83. The van der Waals surface area contributed by atoms with Gasteiger partial charge in [-0.2, -0.15) is 0 Å². The van der Waals surface area contributed by atoms with Gasteiger partial charge in [0.05, 0.1) is 17.5 Å². The van der Waals surface area contributed by atoms with E-state index in [9.17, 15) is 9.90 Å². The van der Waals surface area contributed by atoms with E-state index >= 15 is 0 Å². The minimum atomic E-state index is -1.00. The molecule has 3 aromatic rings. The van der Waals surface area contributed by atoms with Crippen LogP contribution in [0.3, 0.4) is 0 Å². The second kappa shape index (κ2) is 7.61. The molecule has 0 radical (unpaired) electrons. The Morgan fingerprint density at radius 1 is 1.39 bits per heavy atom. The van der Waals surface area contributed by atoms with Crippen molar-refractivity contribution >= 4 is 23.4 Å². The van der Waals surface area contributed by atoms with Crippen molar-refractivity contribution < 1.29 is 19.4 Å². The first-order valence-corrected chi connectivity index (χ1v) is 9.70. The fourth-order valence-electron chi connectivity index (χ4n) is 3.20. The van der Waals surface area contributed by atoms with Gasteiger partial charge in [0, 0.05) is 19.6 Å². The second-order valence-electron chi connectivity index (χ2n) is 6.58. The molecule has 7 heteroatoms. The van der Waals surface area contributed by atoms with Gasteiger partial charge in [0.25, 0.3) is 0 Å². The van der Waals surface area contributed by atoms with Gasteiger partial charge in [0.2, 0.25) is 0 Å². The number of carboxylic acids is 1. The molecule has 1 atom stereocenters. The van der Waals surface area contributed by atoms with Gasteiger partial charge in [0.15, 0.2) is 4.88 Å². The van der Waals surface area contributed by atoms with E-state index in [0.29, 0.717) is 18.8 Å². The fourth-order valence-corrected chi connectivity index (χ4v) is 4.14. The van der Waals surface area contributed by atoms with Crippen LogP contribution in [0.5, 0.6) is 5.75 Å². The molecule has 0 bridgehead atoms. The lowest BCUT2D eigenvalue weighted by atomic mass is 10.1. The van der Waals surface area contributed by atoms with Crippen LogP contribution in [0, 0.1) is 6.92 Å². The SMILES string of the molecule is COC1C=Cc2ncn(-c3cc(OCc4ccccc4C)c(C(=O)O)s3)c2C1. The van der Waals surface area contributed by atoms with Gasteiger partial charge in [-0.3, -0.25) is 4.57 Å². The highest BCUT2D eigenvalue weighted by atomic mass is 32.1. The highest BCUT2D eigenvalue weighted by molar-refractivity contribution is 7.16.